The average Bonchev–Trinajstić information content (AvgIpc) is 3.17. The number of carbonyl (C=O) groups excluding carboxylic acids is 1. The van der Waals surface area contributed by atoms with E-state index in [2.05, 4.69) is 87.6 Å². The van der Waals surface area contributed by atoms with Crippen LogP contribution in [0, 0.1) is 0 Å². The SMILES string of the molecule is CC1=Cc2ccccc2[CH]1[Zr]([Cl])([CH2]C=O)([CH]1C(C)=Cc2ccccc21)=[Si](C)C. The third kappa shape index (κ3) is 2.62. The van der Waals surface area contributed by atoms with Crippen molar-refractivity contribution in [2.45, 2.75) is 38.3 Å². The van der Waals surface area contributed by atoms with Crippen LogP contribution in [0.15, 0.2) is 59.7 Å². The molecule has 28 heavy (non-hydrogen) atoms. The molecule has 0 saturated heterocycles. The topological polar surface area (TPSA) is 17.1 Å². The second kappa shape index (κ2) is 7.04. The van der Waals surface area contributed by atoms with E-state index in [0.29, 0.717) is 4.13 Å². The van der Waals surface area contributed by atoms with Crippen LogP contribution in [0.25, 0.3) is 12.2 Å². The van der Waals surface area contributed by atoms with Crippen molar-refractivity contribution in [3.8, 4) is 0 Å². The van der Waals surface area contributed by atoms with Gasteiger partial charge in [-0.15, -0.1) is 0 Å². The van der Waals surface area contributed by atoms with E-state index in [-0.39, 0.29) is 7.25 Å². The Labute approximate surface area is 172 Å². The number of allylic oxidation sites excluding steroid dienone is 2. The number of fused-ring (bicyclic) bond motifs is 2. The Morgan fingerprint density at radius 2 is 1.32 bits per heavy atom. The van der Waals surface area contributed by atoms with Gasteiger partial charge >= 0.3 is 174 Å². The monoisotopic (exact) mass is 484 g/mol. The Morgan fingerprint density at radius 3 is 1.71 bits per heavy atom. The van der Waals surface area contributed by atoms with Crippen LogP contribution in [0.1, 0.15) is 43.4 Å². The van der Waals surface area contributed by atoms with Crippen molar-refractivity contribution in [1.82, 2.24) is 0 Å². The Morgan fingerprint density at radius 1 is 0.893 bits per heavy atom. The van der Waals surface area contributed by atoms with Crippen LogP contribution in [0.4, 0.5) is 0 Å². The summed E-state index contributed by atoms with van der Waals surface area (Å²) in [5.74, 6) is 0. The van der Waals surface area contributed by atoms with Gasteiger partial charge in [0.15, 0.2) is 0 Å². The van der Waals surface area contributed by atoms with E-state index in [1.807, 2.05) is 0 Å². The Kier molecular flexibility index (Phi) is 5.10. The zero-order valence-electron chi connectivity index (χ0n) is 17.0. The molecule has 2 aliphatic carbocycles. The van der Waals surface area contributed by atoms with Gasteiger partial charge < -0.3 is 0 Å². The molecule has 1 nitrogen and oxygen atoms in total. The molecule has 144 valence electrons. The number of carbonyl (C=O) groups is 1. The van der Waals surface area contributed by atoms with Gasteiger partial charge in [-0.05, 0) is 0 Å². The predicted octanol–water partition coefficient (Wildman–Crippen LogP) is 7.01. The van der Waals surface area contributed by atoms with Gasteiger partial charge in [0.05, 0.1) is 0 Å². The average molecular weight is 486 g/mol. The predicted molar refractivity (Wildman–Crippen MR) is 120 cm³/mol. The summed E-state index contributed by atoms with van der Waals surface area (Å²) in [7, 11) is 8.23. The molecule has 0 bridgehead atoms. The molecule has 0 aliphatic heterocycles. The summed E-state index contributed by atoms with van der Waals surface area (Å²) in [5.41, 5.74) is 7.04. The zero-order valence-corrected chi connectivity index (χ0v) is 21.2. The maximum absolute atomic E-state index is 12.2. The Balaban J connectivity index is 2.11. The summed E-state index contributed by atoms with van der Waals surface area (Å²) in [4.78, 5) is 12.2. The fourth-order valence-corrected chi connectivity index (χ4v) is 40.5. The fraction of sp³-hybridized carbons (Fsp3) is 0.292. The Hall–Kier alpha value is -1.02. The first-order chi connectivity index (χ1) is 13.3. The molecule has 2 unspecified atom stereocenters. The summed E-state index contributed by atoms with van der Waals surface area (Å²) < 4.78 is 1.01. The second-order valence-corrected chi connectivity index (χ2v) is 43.4. The van der Waals surface area contributed by atoms with Crippen LogP contribution < -0.4 is 0 Å². The number of hydrogen-bond acceptors (Lipinski definition) is 1. The molecule has 0 aromatic heterocycles. The zero-order chi connectivity index (χ0) is 20.1. The summed E-state index contributed by atoms with van der Waals surface area (Å²) in [6.07, 6.45) is 5.77. The van der Waals surface area contributed by atoms with Crippen molar-refractivity contribution >= 4 is 32.4 Å². The molecule has 0 radical (unpaired) electrons. The molecule has 0 heterocycles. The minimum atomic E-state index is -4.29. The summed E-state index contributed by atoms with van der Waals surface area (Å²) >= 11 is -4.29. The first kappa shape index (κ1) is 20.3. The quantitative estimate of drug-likeness (QED) is 0.336. The molecule has 0 saturated carbocycles. The van der Waals surface area contributed by atoms with Crippen molar-refractivity contribution in [2.75, 3.05) is 0 Å². The van der Waals surface area contributed by atoms with E-state index < -0.39 is 21.6 Å². The Bertz CT molecular complexity index is 1050. The molecule has 2 aliphatic rings. The van der Waals surface area contributed by atoms with Gasteiger partial charge in [-0.1, -0.05) is 0 Å². The maximum atomic E-state index is 12.2. The van der Waals surface area contributed by atoms with Gasteiger partial charge in [-0.3, -0.25) is 0 Å². The van der Waals surface area contributed by atoms with E-state index in [1.165, 1.54) is 33.4 Å². The van der Waals surface area contributed by atoms with Crippen molar-refractivity contribution in [2.24, 2.45) is 0 Å². The van der Waals surface area contributed by atoms with Crippen LogP contribution in [-0.4, -0.2) is 11.7 Å². The van der Waals surface area contributed by atoms with E-state index in [9.17, 15) is 4.79 Å². The fourth-order valence-electron chi connectivity index (χ4n) is 5.97. The minimum absolute atomic E-state index is 0.230. The van der Waals surface area contributed by atoms with Crippen LogP contribution in [0.3, 0.4) is 0 Å². The van der Waals surface area contributed by atoms with Crippen LogP contribution in [0.2, 0.25) is 17.2 Å². The molecule has 4 heteroatoms. The van der Waals surface area contributed by atoms with E-state index in [4.69, 9.17) is 8.51 Å². The van der Waals surface area contributed by atoms with Gasteiger partial charge in [0.1, 0.15) is 0 Å². The number of halogens is 1. The van der Waals surface area contributed by atoms with Gasteiger partial charge in [0, 0.05) is 0 Å². The third-order valence-corrected chi connectivity index (χ3v) is 53.1. The number of aldehydes is 1. The molecule has 0 fully saturated rings. The van der Waals surface area contributed by atoms with Gasteiger partial charge in [0.25, 0.3) is 0 Å². The van der Waals surface area contributed by atoms with E-state index in [1.54, 1.807) is 0 Å². The summed E-state index contributed by atoms with van der Waals surface area (Å²) in [6, 6.07) is 17.3. The van der Waals surface area contributed by atoms with Gasteiger partial charge in [-0.25, -0.2) is 0 Å². The number of hydrogen-bond donors (Lipinski definition) is 0. The molecule has 0 N–H and O–H groups in total. The van der Waals surface area contributed by atoms with Crippen molar-refractivity contribution in [3.05, 3.63) is 81.9 Å². The first-order valence-corrected chi connectivity index (χ1v) is 23.9. The van der Waals surface area contributed by atoms with E-state index >= 15 is 0 Å². The van der Waals surface area contributed by atoms with Crippen LogP contribution >= 0.6 is 8.51 Å². The molecule has 4 rings (SSSR count). The van der Waals surface area contributed by atoms with Gasteiger partial charge in [-0.2, -0.15) is 0 Å². The van der Waals surface area contributed by atoms with Crippen LogP contribution in [-0.2, 0) is 21.0 Å². The third-order valence-electron chi connectivity index (χ3n) is 7.16. The van der Waals surface area contributed by atoms with Crippen LogP contribution in [0.5, 0.6) is 0 Å². The molecule has 2 aromatic rings. The first-order valence-electron chi connectivity index (χ1n) is 9.98. The normalized spacial score (nSPS) is 20.9. The number of rotatable bonds is 4. The molecular formula is C24H27ClOSiZr. The molecule has 0 amide bonds. The molecule has 2 atom stereocenters. The summed E-state index contributed by atoms with van der Waals surface area (Å²) in [5, 5.41) is 0. The van der Waals surface area contributed by atoms with Crippen molar-refractivity contribution in [3.63, 3.8) is 0 Å². The van der Waals surface area contributed by atoms with Crippen molar-refractivity contribution in [1.29, 1.82) is 0 Å². The van der Waals surface area contributed by atoms with E-state index in [0.717, 1.165) is 6.29 Å². The number of benzene rings is 2. The molecule has 2 aromatic carbocycles. The molecule has 0 spiro atoms. The molecular weight excluding hydrogens is 459 g/mol. The van der Waals surface area contributed by atoms with Crippen molar-refractivity contribution < 1.29 is 21.0 Å². The van der Waals surface area contributed by atoms with Gasteiger partial charge in [0.2, 0.25) is 0 Å². The second-order valence-electron chi connectivity index (χ2n) is 8.76. The standard InChI is InChI=1S/2C10H9.C2H3O.C2H6Si.ClH.Zr/c2*1-8-6-9-4-2-3-5-10(9)7-8;1-2-3;1-3-2;;/h2*2-7H,1H3;2H,1H2;1-2H3;1H;/q;;;;;+1/p-1. The summed E-state index contributed by atoms with van der Waals surface area (Å²) in [6.45, 7) is 9.20.